The Kier molecular flexibility index (Phi) is 4.57. The number of anilines is 1. The van der Waals surface area contributed by atoms with Gasteiger partial charge in [-0.05, 0) is 18.2 Å². The summed E-state index contributed by atoms with van der Waals surface area (Å²) in [6, 6.07) is 9.96. The van der Waals surface area contributed by atoms with Gasteiger partial charge in [-0.3, -0.25) is 0 Å². The van der Waals surface area contributed by atoms with Gasteiger partial charge in [-0.2, -0.15) is 0 Å². The third-order valence-corrected chi connectivity index (χ3v) is 2.91. The summed E-state index contributed by atoms with van der Waals surface area (Å²) >= 11 is 5.64. The van der Waals surface area contributed by atoms with E-state index in [0.717, 1.165) is 0 Å². The molecule has 2 aromatic carbocycles. The highest BCUT2D eigenvalue weighted by Gasteiger charge is 2.32. The molecule has 0 amide bonds. The molecule has 0 bridgehead atoms. The molecule has 0 aliphatic carbocycles. The summed E-state index contributed by atoms with van der Waals surface area (Å²) in [5.74, 6) is -0.992. The maximum Gasteiger partial charge on any atom is 0.573 e. The first kappa shape index (κ1) is 15.4. The summed E-state index contributed by atoms with van der Waals surface area (Å²) in [5.41, 5.74) is 0.346. The molecule has 0 saturated heterocycles. The molecule has 0 aliphatic rings. The van der Waals surface area contributed by atoms with Crippen molar-refractivity contribution in [2.75, 3.05) is 5.32 Å². The SMILES string of the molecule is Fc1c(Cl)cccc1CNc1ccccc1OC(F)(F)F. The van der Waals surface area contributed by atoms with Crippen LogP contribution in [0, 0.1) is 5.82 Å². The first-order chi connectivity index (χ1) is 9.87. The fourth-order valence-corrected chi connectivity index (χ4v) is 1.90. The van der Waals surface area contributed by atoms with Crippen LogP contribution in [0.2, 0.25) is 5.02 Å². The molecular formula is C14H10ClF4NO. The molecule has 0 aromatic heterocycles. The Morgan fingerprint density at radius 2 is 1.76 bits per heavy atom. The summed E-state index contributed by atoms with van der Waals surface area (Å²) in [7, 11) is 0. The Bertz CT molecular complexity index is 631. The van der Waals surface area contributed by atoms with E-state index in [1.807, 2.05) is 0 Å². The number of ether oxygens (including phenoxy) is 1. The van der Waals surface area contributed by atoms with E-state index in [0.29, 0.717) is 0 Å². The molecule has 0 atom stereocenters. The lowest BCUT2D eigenvalue weighted by Gasteiger charge is -2.14. The topological polar surface area (TPSA) is 21.3 Å². The minimum atomic E-state index is -4.79. The predicted octanol–water partition coefficient (Wildman–Crippen LogP) is 4.99. The monoisotopic (exact) mass is 319 g/mol. The van der Waals surface area contributed by atoms with Gasteiger partial charge < -0.3 is 10.1 Å². The minimum absolute atomic E-state index is 0.0232. The van der Waals surface area contributed by atoms with Crippen molar-refractivity contribution < 1.29 is 22.3 Å². The molecule has 0 radical (unpaired) electrons. The number of halogens is 5. The van der Waals surface area contributed by atoms with E-state index in [1.165, 1.54) is 30.3 Å². The number of hydrogen-bond donors (Lipinski definition) is 1. The average Bonchev–Trinajstić information content (AvgIpc) is 2.40. The molecule has 0 saturated carbocycles. The van der Waals surface area contributed by atoms with Crippen molar-refractivity contribution in [1.82, 2.24) is 0 Å². The van der Waals surface area contributed by atoms with Crippen LogP contribution < -0.4 is 10.1 Å². The van der Waals surface area contributed by atoms with Crippen molar-refractivity contribution >= 4 is 17.3 Å². The average molecular weight is 320 g/mol. The van der Waals surface area contributed by atoms with Crippen molar-refractivity contribution in [1.29, 1.82) is 0 Å². The van der Waals surface area contributed by atoms with Crippen molar-refractivity contribution in [3.63, 3.8) is 0 Å². The van der Waals surface area contributed by atoms with E-state index >= 15 is 0 Å². The maximum atomic E-state index is 13.7. The van der Waals surface area contributed by atoms with Crippen molar-refractivity contribution in [3.8, 4) is 5.75 Å². The molecule has 0 unspecified atom stereocenters. The van der Waals surface area contributed by atoms with Gasteiger partial charge in [0.15, 0.2) is 5.75 Å². The zero-order valence-electron chi connectivity index (χ0n) is 10.5. The standard InChI is InChI=1S/C14H10ClF4NO/c15-10-5-3-4-9(13(10)16)8-20-11-6-1-2-7-12(11)21-14(17,18)19/h1-7,20H,8H2. The first-order valence-electron chi connectivity index (χ1n) is 5.88. The van der Waals surface area contributed by atoms with Gasteiger partial charge in [-0.15, -0.1) is 13.2 Å². The highest BCUT2D eigenvalue weighted by Crippen LogP contribution is 2.30. The van der Waals surface area contributed by atoms with Gasteiger partial charge >= 0.3 is 6.36 Å². The number of para-hydroxylation sites is 2. The quantitative estimate of drug-likeness (QED) is 0.802. The molecule has 2 aromatic rings. The molecular weight excluding hydrogens is 310 g/mol. The van der Waals surface area contributed by atoms with E-state index < -0.39 is 12.2 Å². The molecule has 0 aliphatic heterocycles. The number of hydrogen-bond acceptors (Lipinski definition) is 2. The van der Waals surface area contributed by atoms with E-state index in [-0.39, 0.29) is 28.6 Å². The molecule has 1 N–H and O–H groups in total. The maximum absolute atomic E-state index is 13.7. The van der Waals surface area contributed by atoms with Gasteiger partial charge in [-0.1, -0.05) is 35.9 Å². The third kappa shape index (κ3) is 4.26. The van der Waals surface area contributed by atoms with Gasteiger partial charge in [0.2, 0.25) is 0 Å². The van der Waals surface area contributed by atoms with Crippen LogP contribution in [0.15, 0.2) is 42.5 Å². The third-order valence-electron chi connectivity index (χ3n) is 2.61. The van der Waals surface area contributed by atoms with Crippen molar-refractivity contribution in [2.24, 2.45) is 0 Å². The van der Waals surface area contributed by atoms with Gasteiger partial charge in [0.1, 0.15) is 5.82 Å². The van der Waals surface area contributed by atoms with Crippen LogP contribution in [0.25, 0.3) is 0 Å². The minimum Gasteiger partial charge on any atom is -0.404 e. The van der Waals surface area contributed by atoms with Crippen LogP contribution in [0.1, 0.15) is 5.56 Å². The van der Waals surface area contributed by atoms with Crippen molar-refractivity contribution in [3.05, 3.63) is 58.9 Å². The Morgan fingerprint density at radius 1 is 1.05 bits per heavy atom. The van der Waals surface area contributed by atoms with Crippen LogP contribution in [0.4, 0.5) is 23.2 Å². The highest BCUT2D eigenvalue weighted by atomic mass is 35.5. The number of rotatable bonds is 4. The molecule has 21 heavy (non-hydrogen) atoms. The largest absolute Gasteiger partial charge is 0.573 e. The normalized spacial score (nSPS) is 11.3. The lowest BCUT2D eigenvalue weighted by atomic mass is 10.2. The summed E-state index contributed by atoms with van der Waals surface area (Å²) in [6.45, 7) is -0.0232. The second-order valence-electron chi connectivity index (χ2n) is 4.11. The van der Waals surface area contributed by atoms with Gasteiger partial charge in [0.05, 0.1) is 10.7 Å². The molecule has 2 nitrogen and oxygen atoms in total. The zero-order valence-corrected chi connectivity index (χ0v) is 11.3. The van der Waals surface area contributed by atoms with Crippen LogP contribution in [0.5, 0.6) is 5.75 Å². The van der Waals surface area contributed by atoms with Gasteiger partial charge in [0.25, 0.3) is 0 Å². The fraction of sp³-hybridized carbons (Fsp3) is 0.143. The summed E-state index contributed by atoms with van der Waals surface area (Å²) in [5, 5.41) is 2.65. The van der Waals surface area contributed by atoms with Crippen LogP contribution in [-0.4, -0.2) is 6.36 Å². The zero-order chi connectivity index (χ0) is 15.5. The smallest absolute Gasteiger partial charge is 0.404 e. The van der Waals surface area contributed by atoms with Crippen LogP contribution in [-0.2, 0) is 6.54 Å². The second-order valence-corrected chi connectivity index (χ2v) is 4.52. The second kappa shape index (κ2) is 6.22. The Morgan fingerprint density at radius 3 is 2.48 bits per heavy atom. The Hall–Kier alpha value is -1.95. The number of benzene rings is 2. The highest BCUT2D eigenvalue weighted by molar-refractivity contribution is 6.30. The Labute approximate surface area is 123 Å². The molecule has 2 rings (SSSR count). The van der Waals surface area contributed by atoms with Gasteiger partial charge in [0, 0.05) is 12.1 Å². The van der Waals surface area contributed by atoms with E-state index in [4.69, 9.17) is 11.6 Å². The van der Waals surface area contributed by atoms with E-state index in [2.05, 4.69) is 10.1 Å². The Balaban J connectivity index is 2.15. The van der Waals surface area contributed by atoms with Gasteiger partial charge in [-0.25, -0.2) is 4.39 Å². The fourth-order valence-electron chi connectivity index (χ4n) is 1.70. The number of alkyl halides is 3. The van der Waals surface area contributed by atoms with Crippen LogP contribution >= 0.6 is 11.6 Å². The molecule has 0 fully saturated rings. The van der Waals surface area contributed by atoms with Crippen LogP contribution in [0.3, 0.4) is 0 Å². The first-order valence-corrected chi connectivity index (χ1v) is 6.26. The molecule has 7 heteroatoms. The molecule has 0 spiro atoms. The summed E-state index contributed by atoms with van der Waals surface area (Å²) in [6.07, 6.45) is -4.79. The summed E-state index contributed by atoms with van der Waals surface area (Å²) < 4.78 is 54.4. The van der Waals surface area contributed by atoms with Crippen molar-refractivity contribution in [2.45, 2.75) is 12.9 Å². The van der Waals surface area contributed by atoms with E-state index in [9.17, 15) is 17.6 Å². The predicted molar refractivity (Wildman–Crippen MR) is 71.9 cm³/mol. The number of nitrogens with one attached hydrogen (secondary N) is 1. The lowest BCUT2D eigenvalue weighted by Crippen LogP contribution is -2.18. The van der Waals surface area contributed by atoms with E-state index in [1.54, 1.807) is 12.1 Å². The molecule has 112 valence electrons. The lowest BCUT2D eigenvalue weighted by molar-refractivity contribution is -0.274. The summed E-state index contributed by atoms with van der Waals surface area (Å²) in [4.78, 5) is 0. The molecule has 0 heterocycles.